The number of methoxy groups -OCH3 is 2. The van der Waals surface area contributed by atoms with Crippen molar-refractivity contribution in [1.29, 1.82) is 0 Å². The van der Waals surface area contributed by atoms with E-state index in [9.17, 15) is 9.59 Å². The molecular weight excluding hydrogens is 320 g/mol. The Balaban J connectivity index is 2.27. The molecule has 0 spiro atoms. The van der Waals surface area contributed by atoms with Crippen LogP contribution in [-0.2, 0) is 9.53 Å². The maximum absolute atomic E-state index is 12.7. The van der Waals surface area contributed by atoms with E-state index in [-0.39, 0.29) is 6.42 Å². The van der Waals surface area contributed by atoms with Crippen LogP contribution in [0.25, 0.3) is 11.0 Å². The molecule has 1 atom stereocenters. The van der Waals surface area contributed by atoms with Crippen LogP contribution in [-0.4, -0.2) is 20.2 Å². The van der Waals surface area contributed by atoms with Crippen molar-refractivity contribution in [3.63, 3.8) is 0 Å². The molecule has 0 saturated carbocycles. The lowest BCUT2D eigenvalue weighted by Crippen LogP contribution is -2.19. The summed E-state index contributed by atoms with van der Waals surface area (Å²) in [5.41, 5.74) is 1.05. The molecular formula is C20H18O5. The van der Waals surface area contributed by atoms with Crippen molar-refractivity contribution < 1.29 is 18.7 Å². The van der Waals surface area contributed by atoms with Gasteiger partial charge < -0.3 is 13.9 Å². The van der Waals surface area contributed by atoms with Crippen molar-refractivity contribution in [3.8, 4) is 5.75 Å². The standard InChI is InChI=1S/C20H18O5/c1-23-17(21)12-15(13-8-4-3-5-9-13)18-19(24-2)14-10-6-7-11-16(14)25-20(18)22/h3-11,15H,12H2,1-2H3/t15-/m0/s1. The monoisotopic (exact) mass is 338 g/mol. The van der Waals surface area contributed by atoms with Crippen LogP contribution in [0.5, 0.6) is 5.75 Å². The van der Waals surface area contributed by atoms with Gasteiger partial charge in [0, 0.05) is 5.92 Å². The molecule has 0 saturated heterocycles. The number of carbonyl (C=O) groups is 1. The van der Waals surface area contributed by atoms with Crippen LogP contribution >= 0.6 is 0 Å². The van der Waals surface area contributed by atoms with Gasteiger partial charge in [-0.1, -0.05) is 42.5 Å². The van der Waals surface area contributed by atoms with Crippen molar-refractivity contribution in [1.82, 2.24) is 0 Å². The molecule has 1 aromatic heterocycles. The van der Waals surface area contributed by atoms with Gasteiger partial charge in [-0.2, -0.15) is 0 Å². The Morgan fingerprint density at radius 3 is 2.40 bits per heavy atom. The van der Waals surface area contributed by atoms with Crippen LogP contribution in [0.1, 0.15) is 23.5 Å². The number of fused-ring (bicyclic) bond motifs is 1. The van der Waals surface area contributed by atoms with Gasteiger partial charge in [-0.15, -0.1) is 0 Å². The molecule has 0 N–H and O–H groups in total. The van der Waals surface area contributed by atoms with E-state index in [1.807, 2.05) is 42.5 Å². The zero-order valence-electron chi connectivity index (χ0n) is 14.0. The lowest BCUT2D eigenvalue weighted by molar-refractivity contribution is -0.140. The fraction of sp³-hybridized carbons (Fsp3) is 0.200. The van der Waals surface area contributed by atoms with Crippen molar-refractivity contribution >= 4 is 16.9 Å². The Kier molecular flexibility index (Phi) is 4.84. The third kappa shape index (κ3) is 3.26. The minimum absolute atomic E-state index is 0.0139. The highest BCUT2D eigenvalue weighted by molar-refractivity contribution is 5.85. The van der Waals surface area contributed by atoms with Gasteiger partial charge in [-0.25, -0.2) is 4.79 Å². The summed E-state index contributed by atoms with van der Waals surface area (Å²) in [5, 5.41) is 0.686. The van der Waals surface area contributed by atoms with Crippen molar-refractivity contribution in [2.24, 2.45) is 0 Å². The minimum atomic E-state index is -0.524. The van der Waals surface area contributed by atoms with Crippen LogP contribution < -0.4 is 10.4 Å². The summed E-state index contributed by atoms with van der Waals surface area (Å²) in [4.78, 5) is 24.6. The van der Waals surface area contributed by atoms with Gasteiger partial charge in [-0.3, -0.25) is 4.79 Å². The lowest BCUT2D eigenvalue weighted by atomic mass is 9.88. The molecule has 3 rings (SSSR count). The molecule has 0 aliphatic carbocycles. The topological polar surface area (TPSA) is 65.7 Å². The van der Waals surface area contributed by atoms with E-state index in [4.69, 9.17) is 13.9 Å². The molecule has 0 aliphatic heterocycles. The quantitative estimate of drug-likeness (QED) is 0.526. The maximum atomic E-state index is 12.7. The molecule has 25 heavy (non-hydrogen) atoms. The number of rotatable bonds is 5. The summed E-state index contributed by atoms with van der Waals surface area (Å²) < 4.78 is 15.8. The fourth-order valence-electron chi connectivity index (χ4n) is 2.98. The Hall–Kier alpha value is -3.08. The molecule has 5 nitrogen and oxygen atoms in total. The molecule has 2 aromatic carbocycles. The van der Waals surface area contributed by atoms with E-state index < -0.39 is 17.5 Å². The Morgan fingerprint density at radius 1 is 1.04 bits per heavy atom. The molecule has 0 radical (unpaired) electrons. The maximum Gasteiger partial charge on any atom is 0.343 e. The summed E-state index contributed by atoms with van der Waals surface area (Å²) in [6, 6.07) is 16.5. The predicted molar refractivity (Wildman–Crippen MR) is 94.0 cm³/mol. The first-order valence-corrected chi connectivity index (χ1v) is 7.87. The molecule has 5 heteroatoms. The number of para-hydroxylation sites is 1. The first kappa shape index (κ1) is 16.8. The van der Waals surface area contributed by atoms with Crippen LogP contribution in [0.2, 0.25) is 0 Å². The molecule has 3 aromatic rings. The highest BCUT2D eigenvalue weighted by Crippen LogP contribution is 2.36. The molecule has 0 aliphatic rings. The van der Waals surface area contributed by atoms with Gasteiger partial charge in [0.2, 0.25) is 0 Å². The van der Waals surface area contributed by atoms with Gasteiger partial charge in [0.15, 0.2) is 0 Å². The summed E-state index contributed by atoms with van der Waals surface area (Å²) in [5.74, 6) is -0.516. The van der Waals surface area contributed by atoms with E-state index in [2.05, 4.69) is 0 Å². The zero-order chi connectivity index (χ0) is 17.8. The summed E-state index contributed by atoms with van der Waals surface area (Å²) in [6.07, 6.45) is 0.0139. The second-order valence-corrected chi connectivity index (χ2v) is 5.58. The summed E-state index contributed by atoms with van der Waals surface area (Å²) in [6.45, 7) is 0. The van der Waals surface area contributed by atoms with E-state index in [0.29, 0.717) is 22.3 Å². The zero-order valence-corrected chi connectivity index (χ0v) is 14.0. The SMILES string of the molecule is COC(=O)C[C@@H](c1ccccc1)c1c(OC)c2ccccc2oc1=O. The number of esters is 1. The van der Waals surface area contributed by atoms with E-state index in [1.54, 1.807) is 12.1 Å². The normalized spacial score (nSPS) is 11.9. The van der Waals surface area contributed by atoms with Gasteiger partial charge in [0.25, 0.3) is 0 Å². The minimum Gasteiger partial charge on any atom is -0.495 e. The molecule has 0 amide bonds. The lowest BCUT2D eigenvalue weighted by Gasteiger charge is -2.19. The largest absolute Gasteiger partial charge is 0.495 e. The van der Waals surface area contributed by atoms with Crippen molar-refractivity contribution in [2.45, 2.75) is 12.3 Å². The summed E-state index contributed by atoms with van der Waals surface area (Å²) in [7, 11) is 2.83. The fourth-order valence-corrected chi connectivity index (χ4v) is 2.98. The van der Waals surface area contributed by atoms with E-state index in [0.717, 1.165) is 5.56 Å². The Morgan fingerprint density at radius 2 is 1.72 bits per heavy atom. The van der Waals surface area contributed by atoms with Crippen LogP contribution in [0, 0.1) is 0 Å². The van der Waals surface area contributed by atoms with Gasteiger partial charge in [0.05, 0.1) is 31.6 Å². The third-order valence-electron chi connectivity index (χ3n) is 4.15. The van der Waals surface area contributed by atoms with Gasteiger partial charge >= 0.3 is 11.6 Å². The molecule has 128 valence electrons. The Bertz CT molecular complexity index is 943. The predicted octanol–water partition coefficient (Wildman–Crippen LogP) is 3.50. The Labute approximate surface area is 144 Å². The number of ether oxygens (including phenoxy) is 2. The first-order chi connectivity index (χ1) is 12.2. The second kappa shape index (κ2) is 7.21. The molecule has 0 fully saturated rings. The average molecular weight is 338 g/mol. The number of hydrogen-bond donors (Lipinski definition) is 0. The highest BCUT2D eigenvalue weighted by atomic mass is 16.5. The van der Waals surface area contributed by atoms with Crippen molar-refractivity contribution in [2.75, 3.05) is 14.2 Å². The van der Waals surface area contributed by atoms with Gasteiger partial charge in [-0.05, 0) is 17.7 Å². The number of carbonyl (C=O) groups excluding carboxylic acids is 1. The van der Waals surface area contributed by atoms with Gasteiger partial charge in [0.1, 0.15) is 11.3 Å². The molecule has 0 unspecified atom stereocenters. The van der Waals surface area contributed by atoms with Crippen LogP contribution in [0.15, 0.2) is 63.8 Å². The smallest absolute Gasteiger partial charge is 0.343 e. The summed E-state index contributed by atoms with van der Waals surface area (Å²) >= 11 is 0. The van der Waals surface area contributed by atoms with Crippen molar-refractivity contribution in [3.05, 3.63) is 76.1 Å². The number of hydrogen-bond acceptors (Lipinski definition) is 5. The van der Waals surface area contributed by atoms with E-state index in [1.165, 1.54) is 14.2 Å². The van der Waals surface area contributed by atoms with E-state index >= 15 is 0 Å². The molecule has 1 heterocycles. The van der Waals surface area contributed by atoms with Crippen LogP contribution in [0.4, 0.5) is 0 Å². The van der Waals surface area contributed by atoms with Crippen LogP contribution in [0.3, 0.4) is 0 Å². The third-order valence-corrected chi connectivity index (χ3v) is 4.15. The molecule has 0 bridgehead atoms. The second-order valence-electron chi connectivity index (χ2n) is 5.58. The number of benzene rings is 2. The first-order valence-electron chi connectivity index (χ1n) is 7.87. The average Bonchev–Trinajstić information content (AvgIpc) is 2.65. The highest BCUT2D eigenvalue weighted by Gasteiger charge is 2.27.